The molecule has 0 atom stereocenters. The lowest BCUT2D eigenvalue weighted by Crippen LogP contribution is -2.26. The summed E-state index contributed by atoms with van der Waals surface area (Å²) >= 11 is 0. The van der Waals surface area contributed by atoms with Crippen LogP contribution in [-0.2, 0) is 16.6 Å². The van der Waals surface area contributed by atoms with Crippen LogP contribution in [0.25, 0.3) is 0 Å². The van der Waals surface area contributed by atoms with Crippen LogP contribution in [0.4, 0.5) is 8.78 Å². The molecule has 0 fully saturated rings. The molecule has 0 aliphatic carbocycles. The highest BCUT2D eigenvalue weighted by molar-refractivity contribution is 7.89. The largest absolute Gasteiger partial charge is 0.272 e. The Balaban J connectivity index is 1.92. The molecule has 2 aromatic rings. The van der Waals surface area contributed by atoms with Crippen molar-refractivity contribution in [3.8, 4) is 0 Å². The molecule has 0 aliphatic rings. The molecule has 1 heterocycles. The number of nitrogens with zero attached hydrogens (tertiary/aromatic N) is 2. The van der Waals surface area contributed by atoms with E-state index in [1.807, 2.05) is 13.1 Å². The minimum atomic E-state index is -3.98. The van der Waals surface area contributed by atoms with Crippen LogP contribution in [0.5, 0.6) is 0 Å². The van der Waals surface area contributed by atoms with Gasteiger partial charge in [-0.05, 0) is 31.0 Å². The summed E-state index contributed by atoms with van der Waals surface area (Å²) in [6.45, 7) is 2.59. The van der Waals surface area contributed by atoms with Gasteiger partial charge >= 0.3 is 0 Å². The Morgan fingerprint density at radius 2 is 2.10 bits per heavy atom. The van der Waals surface area contributed by atoms with E-state index in [0.29, 0.717) is 19.0 Å². The van der Waals surface area contributed by atoms with E-state index >= 15 is 0 Å². The third-order valence-electron chi connectivity index (χ3n) is 2.80. The maximum Gasteiger partial charge on any atom is 0.243 e. The maximum absolute atomic E-state index is 13.4. The average Bonchev–Trinajstić information content (AvgIpc) is 2.80. The van der Waals surface area contributed by atoms with Crippen molar-refractivity contribution < 1.29 is 17.2 Å². The Labute approximate surface area is 121 Å². The van der Waals surface area contributed by atoms with Gasteiger partial charge in [0.25, 0.3) is 0 Å². The maximum atomic E-state index is 13.4. The number of nitrogens with one attached hydrogen (secondary N) is 1. The van der Waals surface area contributed by atoms with Crippen LogP contribution in [-0.4, -0.2) is 24.7 Å². The van der Waals surface area contributed by atoms with Crippen LogP contribution >= 0.6 is 0 Å². The van der Waals surface area contributed by atoms with Crippen LogP contribution in [0.15, 0.2) is 35.5 Å². The normalized spacial score (nSPS) is 11.8. The molecule has 0 saturated carbocycles. The standard InChI is InChI=1S/C13H15F2N3O2S/c1-10-8-16-18(9-10)6-2-5-17-21(19,20)13-4-3-11(14)7-12(13)15/h3-4,7-9,17H,2,5-6H2,1H3. The molecule has 0 aliphatic heterocycles. The molecular formula is C13H15F2N3O2S. The van der Waals surface area contributed by atoms with E-state index in [1.165, 1.54) is 0 Å². The third-order valence-corrected chi connectivity index (χ3v) is 4.30. The molecule has 5 nitrogen and oxygen atoms in total. The van der Waals surface area contributed by atoms with Gasteiger partial charge in [-0.1, -0.05) is 0 Å². The predicted octanol–water partition coefficient (Wildman–Crippen LogP) is 1.84. The van der Waals surface area contributed by atoms with Gasteiger partial charge in [-0.15, -0.1) is 0 Å². The van der Waals surface area contributed by atoms with Crippen molar-refractivity contribution in [1.29, 1.82) is 0 Å². The number of hydrogen-bond acceptors (Lipinski definition) is 3. The van der Waals surface area contributed by atoms with Crippen molar-refractivity contribution >= 4 is 10.0 Å². The first kappa shape index (κ1) is 15.6. The summed E-state index contributed by atoms with van der Waals surface area (Å²) in [5.41, 5.74) is 1.02. The molecule has 21 heavy (non-hydrogen) atoms. The van der Waals surface area contributed by atoms with Crippen molar-refractivity contribution in [2.45, 2.75) is 24.8 Å². The lowest BCUT2D eigenvalue weighted by molar-refractivity contribution is 0.534. The van der Waals surface area contributed by atoms with E-state index in [9.17, 15) is 17.2 Å². The summed E-state index contributed by atoms with van der Waals surface area (Å²) in [5.74, 6) is -1.93. The first-order valence-corrected chi connectivity index (χ1v) is 7.80. The Bertz CT molecular complexity index is 729. The summed E-state index contributed by atoms with van der Waals surface area (Å²) in [6, 6.07) is 2.36. The highest BCUT2D eigenvalue weighted by Gasteiger charge is 2.18. The van der Waals surface area contributed by atoms with Gasteiger partial charge in [0.2, 0.25) is 10.0 Å². The zero-order valence-electron chi connectivity index (χ0n) is 11.4. The van der Waals surface area contributed by atoms with Gasteiger partial charge in [-0.2, -0.15) is 5.10 Å². The van der Waals surface area contributed by atoms with Gasteiger partial charge in [0.1, 0.15) is 16.5 Å². The van der Waals surface area contributed by atoms with Crippen LogP contribution in [0, 0.1) is 18.6 Å². The molecule has 0 spiro atoms. The fourth-order valence-corrected chi connectivity index (χ4v) is 2.94. The smallest absolute Gasteiger partial charge is 0.243 e. The molecule has 1 aromatic heterocycles. The van der Waals surface area contributed by atoms with Crippen LogP contribution in [0.2, 0.25) is 0 Å². The number of aryl methyl sites for hydroxylation is 2. The zero-order valence-corrected chi connectivity index (χ0v) is 12.2. The summed E-state index contributed by atoms with van der Waals surface area (Å²) in [7, 11) is -3.98. The number of aromatic nitrogens is 2. The SMILES string of the molecule is Cc1cnn(CCCNS(=O)(=O)c2ccc(F)cc2F)c1. The van der Waals surface area contributed by atoms with E-state index in [2.05, 4.69) is 9.82 Å². The quantitative estimate of drug-likeness (QED) is 0.827. The number of benzene rings is 1. The first-order valence-electron chi connectivity index (χ1n) is 6.32. The monoisotopic (exact) mass is 315 g/mol. The van der Waals surface area contributed by atoms with Crippen LogP contribution < -0.4 is 4.72 Å². The number of hydrogen-bond donors (Lipinski definition) is 1. The van der Waals surface area contributed by atoms with Crippen LogP contribution in [0.3, 0.4) is 0 Å². The van der Waals surface area contributed by atoms with Gasteiger partial charge in [0, 0.05) is 25.4 Å². The Kier molecular flexibility index (Phi) is 4.69. The molecule has 0 saturated heterocycles. The number of sulfonamides is 1. The Morgan fingerprint density at radius 1 is 1.33 bits per heavy atom. The molecule has 8 heteroatoms. The zero-order chi connectivity index (χ0) is 15.5. The third kappa shape index (κ3) is 4.08. The lowest BCUT2D eigenvalue weighted by Gasteiger charge is -2.07. The predicted molar refractivity (Wildman–Crippen MR) is 73.1 cm³/mol. The molecule has 0 unspecified atom stereocenters. The van der Waals surface area contributed by atoms with Crippen molar-refractivity contribution in [2.24, 2.45) is 0 Å². The minimum Gasteiger partial charge on any atom is -0.272 e. The molecular weight excluding hydrogens is 300 g/mol. The number of rotatable bonds is 6. The summed E-state index contributed by atoms with van der Waals surface area (Å²) in [4.78, 5) is -0.557. The summed E-state index contributed by atoms with van der Waals surface area (Å²) in [5, 5.41) is 4.07. The van der Waals surface area contributed by atoms with Crippen molar-refractivity contribution in [2.75, 3.05) is 6.54 Å². The van der Waals surface area contributed by atoms with Gasteiger partial charge in [0.15, 0.2) is 0 Å². The average molecular weight is 315 g/mol. The second kappa shape index (κ2) is 6.31. The van der Waals surface area contributed by atoms with E-state index in [4.69, 9.17) is 0 Å². The molecule has 0 amide bonds. The number of halogens is 2. The molecule has 1 aromatic carbocycles. The second-order valence-corrected chi connectivity index (χ2v) is 6.34. The van der Waals surface area contributed by atoms with Gasteiger partial charge < -0.3 is 0 Å². The van der Waals surface area contributed by atoms with Crippen molar-refractivity contribution in [3.63, 3.8) is 0 Å². The highest BCUT2D eigenvalue weighted by Crippen LogP contribution is 2.15. The summed E-state index contributed by atoms with van der Waals surface area (Å²) in [6.07, 6.45) is 4.05. The van der Waals surface area contributed by atoms with Crippen LogP contribution in [0.1, 0.15) is 12.0 Å². The Hall–Kier alpha value is -1.80. The molecule has 2 rings (SSSR count). The van der Waals surface area contributed by atoms with E-state index < -0.39 is 26.6 Å². The summed E-state index contributed by atoms with van der Waals surface area (Å²) < 4.78 is 54.0. The highest BCUT2D eigenvalue weighted by atomic mass is 32.2. The molecule has 0 radical (unpaired) electrons. The first-order chi connectivity index (χ1) is 9.88. The molecule has 1 N–H and O–H groups in total. The topological polar surface area (TPSA) is 64.0 Å². The molecule has 0 bridgehead atoms. The lowest BCUT2D eigenvalue weighted by atomic mass is 10.3. The van der Waals surface area contributed by atoms with E-state index in [-0.39, 0.29) is 6.54 Å². The Morgan fingerprint density at radius 3 is 2.71 bits per heavy atom. The van der Waals surface area contributed by atoms with Crippen molar-refractivity contribution in [3.05, 3.63) is 47.8 Å². The van der Waals surface area contributed by atoms with E-state index in [1.54, 1.807) is 10.9 Å². The van der Waals surface area contributed by atoms with E-state index in [0.717, 1.165) is 17.7 Å². The fourth-order valence-electron chi connectivity index (χ4n) is 1.81. The van der Waals surface area contributed by atoms with Gasteiger partial charge in [-0.25, -0.2) is 21.9 Å². The van der Waals surface area contributed by atoms with Crippen molar-refractivity contribution in [1.82, 2.24) is 14.5 Å². The molecule has 114 valence electrons. The minimum absolute atomic E-state index is 0.137. The van der Waals surface area contributed by atoms with Gasteiger partial charge in [0.05, 0.1) is 6.20 Å². The fraction of sp³-hybridized carbons (Fsp3) is 0.308. The van der Waals surface area contributed by atoms with Gasteiger partial charge in [-0.3, -0.25) is 4.68 Å². The second-order valence-electron chi connectivity index (χ2n) is 4.61.